The van der Waals surface area contributed by atoms with Crippen molar-refractivity contribution in [2.45, 2.75) is 0 Å². The zero-order valence-corrected chi connectivity index (χ0v) is 23.1. The van der Waals surface area contributed by atoms with Gasteiger partial charge in [0, 0.05) is 24.9 Å². The summed E-state index contributed by atoms with van der Waals surface area (Å²) in [6.45, 7) is -0.956. The van der Waals surface area contributed by atoms with E-state index in [0.29, 0.717) is 21.8 Å². The highest BCUT2D eigenvalue weighted by Gasteiger charge is 2.23. The topological polar surface area (TPSA) is 195 Å². The minimum atomic E-state index is -1.19. The number of pyridine rings is 2. The molecule has 0 bridgehead atoms. The number of fused-ring (bicyclic) bond motifs is 2. The number of carbonyl (C=O) groups is 4. The van der Waals surface area contributed by atoms with E-state index in [4.69, 9.17) is 9.84 Å². The summed E-state index contributed by atoms with van der Waals surface area (Å²) < 4.78 is 12.2. The molecule has 14 heteroatoms. The zero-order valence-electron chi connectivity index (χ0n) is 23.1. The van der Waals surface area contributed by atoms with Crippen molar-refractivity contribution in [2.75, 3.05) is 27.3 Å². The number of aryl methyl sites for hydroxylation is 2. The van der Waals surface area contributed by atoms with Crippen molar-refractivity contribution in [3.63, 3.8) is 0 Å². The van der Waals surface area contributed by atoms with E-state index in [1.165, 1.54) is 37.4 Å². The van der Waals surface area contributed by atoms with Crippen LogP contribution in [0.25, 0.3) is 21.8 Å². The van der Waals surface area contributed by atoms with E-state index in [-0.39, 0.29) is 17.9 Å². The third kappa shape index (κ3) is 6.22. The molecule has 2 aromatic carbocycles. The molecule has 14 nitrogen and oxygen atoms in total. The molecule has 2 aromatic heterocycles. The minimum absolute atomic E-state index is 0.136. The quantitative estimate of drug-likeness (QED) is 0.224. The molecule has 0 spiro atoms. The molecule has 4 aromatic rings. The lowest BCUT2D eigenvalue weighted by Crippen LogP contribution is -2.35. The average molecular weight is 581 g/mol. The van der Waals surface area contributed by atoms with E-state index >= 15 is 0 Å². The second kappa shape index (κ2) is 13.1. The van der Waals surface area contributed by atoms with E-state index in [0.717, 1.165) is 0 Å². The maximum absolute atomic E-state index is 12.3. The lowest BCUT2D eigenvalue weighted by Gasteiger charge is -2.13. The normalized spacial score (nSPS) is 10.4. The molecule has 0 fully saturated rings. The first-order chi connectivity index (χ1) is 19.9. The molecule has 2 heterocycles. The number of nitrogens with zero attached hydrogens (tertiary/aromatic N) is 2. The van der Waals surface area contributed by atoms with Gasteiger partial charge in [-0.25, -0.2) is 0 Å². The van der Waals surface area contributed by atoms with Gasteiger partial charge >= 0.3 is 11.9 Å². The van der Waals surface area contributed by atoms with E-state index in [1.807, 2.05) is 0 Å². The molecular weight excluding hydrogens is 552 g/mol. The molecule has 0 aliphatic carbocycles. The van der Waals surface area contributed by atoms with Gasteiger partial charge in [0.1, 0.15) is 35.7 Å². The minimum Gasteiger partial charge on any atom is -0.506 e. The Labute approximate surface area is 237 Å². The first kappa shape index (κ1) is 30.9. The number of hydrogen-bond donors (Lipinski definition) is 4. The van der Waals surface area contributed by atoms with Crippen LogP contribution in [0.2, 0.25) is 0 Å². The number of aliphatic carboxylic acids is 1. The summed E-state index contributed by atoms with van der Waals surface area (Å²) in [4.78, 5) is 70.1. The van der Waals surface area contributed by atoms with Crippen LogP contribution < -0.4 is 26.5 Å². The Morgan fingerprint density at radius 1 is 0.762 bits per heavy atom. The molecule has 0 atom stereocenters. The molecule has 0 unspecified atom stereocenters. The number of aromatic nitrogens is 2. The summed E-state index contributed by atoms with van der Waals surface area (Å²) in [6.07, 6.45) is 0. The summed E-state index contributed by atoms with van der Waals surface area (Å²) in [5.74, 6) is -3.72. The summed E-state index contributed by atoms with van der Waals surface area (Å²) in [5, 5.41) is 24.1. The second-order valence-corrected chi connectivity index (χ2v) is 8.73. The number of rotatable bonds is 7. The first-order valence-electron chi connectivity index (χ1n) is 12.3. The highest BCUT2D eigenvalue weighted by Crippen LogP contribution is 2.27. The van der Waals surface area contributed by atoms with Crippen LogP contribution in [0, 0.1) is 0 Å². The number of amides is 2. The number of methoxy groups -OCH3 is 2. The van der Waals surface area contributed by atoms with Crippen LogP contribution in [0.15, 0.2) is 58.1 Å². The summed E-state index contributed by atoms with van der Waals surface area (Å²) in [5.41, 5.74) is -0.680. The van der Waals surface area contributed by atoms with Crippen molar-refractivity contribution in [1.29, 1.82) is 0 Å². The van der Waals surface area contributed by atoms with Gasteiger partial charge in [-0.3, -0.25) is 28.8 Å². The Morgan fingerprint density at radius 3 is 1.79 bits per heavy atom. The van der Waals surface area contributed by atoms with Gasteiger partial charge in [0.2, 0.25) is 0 Å². The number of ether oxygens (including phenoxy) is 2. The fourth-order valence-corrected chi connectivity index (χ4v) is 4.12. The van der Waals surface area contributed by atoms with Gasteiger partial charge in [0.05, 0.1) is 25.3 Å². The van der Waals surface area contributed by atoms with Gasteiger partial charge in [-0.1, -0.05) is 24.3 Å². The lowest BCUT2D eigenvalue weighted by molar-refractivity contribution is -0.139. The molecule has 4 N–H and O–H groups in total. The fraction of sp³-hybridized carbons (Fsp3) is 0.214. The SMILES string of the molecule is COC(=O)CNC(=O)c1c(O)c2ccccc2n(C)c1=O.COc1c(C(=O)NCC(=O)O)c(=O)n(C)c2ccccc12. The summed E-state index contributed by atoms with van der Waals surface area (Å²) >= 11 is 0. The van der Waals surface area contributed by atoms with Crippen molar-refractivity contribution in [1.82, 2.24) is 19.8 Å². The summed E-state index contributed by atoms with van der Waals surface area (Å²) in [7, 11) is 5.58. The number of carbonyl (C=O) groups excluding carboxylic acids is 3. The number of esters is 1. The molecule has 0 radical (unpaired) electrons. The summed E-state index contributed by atoms with van der Waals surface area (Å²) in [6, 6.07) is 13.6. The molecule has 2 amide bonds. The molecule has 0 saturated heterocycles. The fourth-order valence-electron chi connectivity index (χ4n) is 4.12. The van der Waals surface area contributed by atoms with Gasteiger partial charge in [-0.15, -0.1) is 0 Å². The highest BCUT2D eigenvalue weighted by atomic mass is 16.5. The van der Waals surface area contributed by atoms with Crippen molar-refractivity contribution in [3.8, 4) is 11.5 Å². The molecule has 42 heavy (non-hydrogen) atoms. The van der Waals surface area contributed by atoms with Gasteiger partial charge < -0.3 is 39.5 Å². The predicted octanol–water partition coefficient (Wildman–Crippen LogP) is 0.508. The van der Waals surface area contributed by atoms with Crippen LogP contribution in [0.3, 0.4) is 0 Å². The Kier molecular flexibility index (Phi) is 9.65. The number of carboxylic acids is 1. The Morgan fingerprint density at radius 2 is 1.24 bits per heavy atom. The smallest absolute Gasteiger partial charge is 0.325 e. The van der Waals surface area contributed by atoms with E-state index < -0.39 is 52.7 Å². The molecule has 220 valence electrons. The van der Waals surface area contributed by atoms with Gasteiger partial charge in [0.25, 0.3) is 22.9 Å². The Balaban J connectivity index is 0.000000230. The average Bonchev–Trinajstić information content (AvgIpc) is 2.99. The molecule has 0 aliphatic heterocycles. The zero-order chi connectivity index (χ0) is 31.1. The number of hydrogen-bond acceptors (Lipinski definition) is 9. The monoisotopic (exact) mass is 580 g/mol. The van der Waals surface area contributed by atoms with Crippen LogP contribution in [0.5, 0.6) is 11.5 Å². The Hall–Kier alpha value is -5.66. The van der Waals surface area contributed by atoms with E-state index in [2.05, 4.69) is 15.4 Å². The number of aromatic hydroxyl groups is 1. The lowest BCUT2D eigenvalue weighted by atomic mass is 10.1. The number of nitrogens with one attached hydrogen (secondary N) is 2. The van der Waals surface area contributed by atoms with E-state index in [9.17, 15) is 33.9 Å². The van der Waals surface area contributed by atoms with Crippen LogP contribution in [0.1, 0.15) is 20.7 Å². The molecule has 4 rings (SSSR count). The maximum Gasteiger partial charge on any atom is 0.325 e. The van der Waals surface area contributed by atoms with Crippen molar-refractivity contribution >= 4 is 45.6 Å². The Bertz CT molecular complexity index is 1820. The molecule has 0 saturated carbocycles. The van der Waals surface area contributed by atoms with Crippen molar-refractivity contribution in [3.05, 3.63) is 80.4 Å². The van der Waals surface area contributed by atoms with Crippen LogP contribution in [-0.4, -0.2) is 70.4 Å². The third-order valence-electron chi connectivity index (χ3n) is 6.21. The van der Waals surface area contributed by atoms with Crippen molar-refractivity contribution in [2.24, 2.45) is 14.1 Å². The molecular formula is C28H28N4O10. The standard InChI is InChI=1S/2C14H14N2O5/c1-16-9-6-4-3-5-8(9)12(18)11(14(16)20)13(19)15-7-10(17)21-2;1-16-9-6-4-3-5-8(9)12(21-2)11(14(16)20)13(19)15-7-10(17)18/h3-6,18H,7H2,1-2H3,(H,15,19);3-6H,7H2,1-2H3,(H,15,19)(H,17,18). The predicted molar refractivity (Wildman–Crippen MR) is 151 cm³/mol. The third-order valence-corrected chi connectivity index (χ3v) is 6.21. The van der Waals surface area contributed by atoms with Gasteiger partial charge in [0.15, 0.2) is 0 Å². The largest absolute Gasteiger partial charge is 0.506 e. The maximum atomic E-state index is 12.3. The number of carboxylic acid groups (broad SMARTS) is 1. The number of benzene rings is 2. The number of para-hydroxylation sites is 2. The van der Waals surface area contributed by atoms with Crippen molar-refractivity contribution < 1.29 is 38.9 Å². The first-order valence-corrected chi connectivity index (χ1v) is 12.3. The van der Waals surface area contributed by atoms with Gasteiger partial charge in [-0.05, 0) is 24.3 Å². The van der Waals surface area contributed by atoms with Gasteiger partial charge in [-0.2, -0.15) is 0 Å². The highest BCUT2D eigenvalue weighted by molar-refractivity contribution is 6.04. The molecule has 0 aliphatic rings. The van der Waals surface area contributed by atoms with Crippen LogP contribution >= 0.6 is 0 Å². The second-order valence-electron chi connectivity index (χ2n) is 8.73. The van der Waals surface area contributed by atoms with E-state index in [1.54, 1.807) is 48.5 Å². The van der Waals surface area contributed by atoms with Crippen LogP contribution in [0.4, 0.5) is 0 Å². The van der Waals surface area contributed by atoms with Crippen LogP contribution in [-0.2, 0) is 28.4 Å².